The van der Waals surface area contributed by atoms with Crippen LogP contribution in [-0.2, 0) is 21.2 Å². The summed E-state index contributed by atoms with van der Waals surface area (Å²) >= 11 is 0. The Bertz CT molecular complexity index is 1170. The van der Waals surface area contributed by atoms with Crippen LogP contribution in [0.4, 0.5) is 11.4 Å². The molecule has 144 valence electrons. The van der Waals surface area contributed by atoms with Crippen molar-refractivity contribution < 1.29 is 13.2 Å². The van der Waals surface area contributed by atoms with Crippen molar-refractivity contribution in [2.75, 3.05) is 16.8 Å². The number of carbonyl (C=O) groups is 1. The first-order valence-corrected chi connectivity index (χ1v) is 10.4. The zero-order chi connectivity index (χ0) is 19.9. The van der Waals surface area contributed by atoms with Crippen LogP contribution in [0.5, 0.6) is 0 Å². The number of aromatic nitrogens is 1. The van der Waals surface area contributed by atoms with Crippen LogP contribution in [0, 0.1) is 0 Å². The third-order valence-corrected chi connectivity index (χ3v) is 5.88. The van der Waals surface area contributed by atoms with Gasteiger partial charge in [-0.15, -0.1) is 0 Å². The number of nitrogens with two attached hydrogens (primary N) is 1. The number of hydrogen-bond acceptors (Lipinski definition) is 5. The second-order valence-electron chi connectivity index (χ2n) is 6.94. The fourth-order valence-corrected chi connectivity index (χ4v) is 4.21. The normalized spacial score (nSPS) is 16.2. The van der Waals surface area contributed by atoms with Crippen molar-refractivity contribution in [3.63, 3.8) is 0 Å². The fourth-order valence-electron chi connectivity index (χ4n) is 3.65. The minimum Gasteiger partial charge on any atom is -0.359 e. The molecular formula is C20H20N4O3S. The van der Waals surface area contributed by atoms with Crippen molar-refractivity contribution in [1.82, 2.24) is 4.98 Å². The Morgan fingerprint density at radius 2 is 2.07 bits per heavy atom. The van der Waals surface area contributed by atoms with Crippen molar-refractivity contribution in [1.29, 1.82) is 0 Å². The minimum absolute atomic E-state index is 0.0747. The Kier molecular flexibility index (Phi) is 4.52. The molecule has 1 amide bonds. The molecule has 1 aliphatic rings. The molecule has 2 aromatic carbocycles. The van der Waals surface area contributed by atoms with Crippen molar-refractivity contribution in [3.05, 3.63) is 60.3 Å². The predicted octanol–water partition coefficient (Wildman–Crippen LogP) is 2.27. The maximum atomic E-state index is 12.7. The Morgan fingerprint density at radius 3 is 2.86 bits per heavy atom. The van der Waals surface area contributed by atoms with Crippen molar-refractivity contribution in [2.45, 2.75) is 24.3 Å². The lowest BCUT2D eigenvalue weighted by molar-refractivity contribution is -0.115. The van der Waals surface area contributed by atoms with Gasteiger partial charge in [0.05, 0.1) is 22.6 Å². The van der Waals surface area contributed by atoms with E-state index in [0.29, 0.717) is 12.1 Å². The van der Waals surface area contributed by atoms with Gasteiger partial charge < -0.3 is 10.2 Å². The van der Waals surface area contributed by atoms with E-state index in [-0.39, 0.29) is 23.4 Å². The number of nitrogens with zero attached hydrogens (tertiary/aromatic N) is 2. The molecule has 0 aliphatic carbocycles. The monoisotopic (exact) mass is 396 g/mol. The molecule has 0 radical (unpaired) electrons. The van der Waals surface area contributed by atoms with Gasteiger partial charge in [0, 0.05) is 23.3 Å². The molecule has 0 spiro atoms. The molecular weight excluding hydrogens is 376 g/mol. The number of nitrogens with one attached hydrogen (secondary N) is 1. The third-order valence-electron chi connectivity index (χ3n) is 4.97. The summed E-state index contributed by atoms with van der Waals surface area (Å²) in [4.78, 5) is 19.1. The average Bonchev–Trinajstić information content (AvgIpc) is 2.96. The number of benzene rings is 2. The summed E-state index contributed by atoms with van der Waals surface area (Å²) in [6, 6.07) is 14.2. The molecule has 0 fully saturated rings. The standard InChI is InChI=1S/C20H20N4O3S/c1-13-10-14-11-15(28(21,26)27)7-8-19(14)24(13)12-20(25)23-18-6-2-5-17-16(18)4-3-9-22-17/h2-9,11,13H,10,12H2,1H3,(H,23,25)(H2,21,26,27)/t13-/m1/s1. The zero-order valence-electron chi connectivity index (χ0n) is 15.3. The van der Waals surface area contributed by atoms with Gasteiger partial charge in [-0.05, 0) is 61.4 Å². The number of sulfonamides is 1. The van der Waals surface area contributed by atoms with Crippen LogP contribution in [0.15, 0.2) is 59.6 Å². The Morgan fingerprint density at radius 1 is 1.25 bits per heavy atom. The maximum Gasteiger partial charge on any atom is 0.243 e. The zero-order valence-corrected chi connectivity index (χ0v) is 16.1. The number of pyridine rings is 1. The lowest BCUT2D eigenvalue weighted by Crippen LogP contribution is -2.37. The van der Waals surface area contributed by atoms with E-state index < -0.39 is 10.0 Å². The van der Waals surface area contributed by atoms with Crippen LogP contribution in [-0.4, -0.2) is 31.9 Å². The van der Waals surface area contributed by atoms with Gasteiger partial charge >= 0.3 is 0 Å². The molecule has 0 saturated carbocycles. The summed E-state index contributed by atoms with van der Waals surface area (Å²) in [5, 5.41) is 9.06. The minimum atomic E-state index is -3.75. The molecule has 1 atom stereocenters. The molecule has 3 aromatic rings. The van der Waals surface area contributed by atoms with Crippen molar-refractivity contribution >= 4 is 38.2 Å². The van der Waals surface area contributed by atoms with Crippen LogP contribution in [0.1, 0.15) is 12.5 Å². The van der Waals surface area contributed by atoms with E-state index in [4.69, 9.17) is 5.14 Å². The number of rotatable bonds is 4. The van der Waals surface area contributed by atoms with E-state index in [1.165, 1.54) is 6.07 Å². The number of hydrogen-bond donors (Lipinski definition) is 2. The van der Waals surface area contributed by atoms with E-state index in [1.54, 1.807) is 18.3 Å². The van der Waals surface area contributed by atoms with E-state index in [9.17, 15) is 13.2 Å². The Balaban J connectivity index is 1.56. The van der Waals surface area contributed by atoms with Gasteiger partial charge in [0.15, 0.2) is 0 Å². The summed E-state index contributed by atoms with van der Waals surface area (Å²) in [6.07, 6.45) is 2.37. The lowest BCUT2D eigenvalue weighted by atomic mass is 10.1. The molecule has 0 bridgehead atoms. The number of fused-ring (bicyclic) bond motifs is 2. The van der Waals surface area contributed by atoms with E-state index >= 15 is 0 Å². The van der Waals surface area contributed by atoms with E-state index in [0.717, 1.165) is 22.2 Å². The van der Waals surface area contributed by atoms with Crippen LogP contribution < -0.4 is 15.4 Å². The van der Waals surface area contributed by atoms with Crippen LogP contribution in [0.3, 0.4) is 0 Å². The number of amides is 1. The maximum absolute atomic E-state index is 12.7. The molecule has 8 heteroatoms. The van der Waals surface area contributed by atoms with Gasteiger partial charge in [-0.25, -0.2) is 13.6 Å². The summed E-state index contributed by atoms with van der Waals surface area (Å²) < 4.78 is 23.2. The lowest BCUT2D eigenvalue weighted by Gasteiger charge is -2.24. The first kappa shape index (κ1) is 18.4. The highest BCUT2D eigenvalue weighted by Crippen LogP contribution is 2.33. The second-order valence-corrected chi connectivity index (χ2v) is 8.50. The molecule has 7 nitrogen and oxygen atoms in total. The Labute approximate surface area is 163 Å². The van der Waals surface area contributed by atoms with E-state index in [2.05, 4.69) is 10.3 Å². The molecule has 0 saturated heterocycles. The molecule has 4 rings (SSSR count). The third kappa shape index (κ3) is 3.44. The Hall–Kier alpha value is -2.97. The molecule has 1 aromatic heterocycles. The molecule has 3 N–H and O–H groups in total. The smallest absolute Gasteiger partial charge is 0.243 e. The quantitative estimate of drug-likeness (QED) is 0.704. The van der Waals surface area contributed by atoms with Crippen LogP contribution in [0.2, 0.25) is 0 Å². The SMILES string of the molecule is C[C@@H]1Cc2cc(S(N)(=O)=O)ccc2N1CC(=O)Nc1cccc2ncccc12. The molecule has 2 heterocycles. The van der Waals surface area contributed by atoms with Gasteiger partial charge in [-0.3, -0.25) is 9.78 Å². The van der Waals surface area contributed by atoms with Gasteiger partial charge in [-0.1, -0.05) is 6.07 Å². The van der Waals surface area contributed by atoms with Crippen molar-refractivity contribution in [2.24, 2.45) is 5.14 Å². The van der Waals surface area contributed by atoms with Crippen LogP contribution in [0.25, 0.3) is 10.9 Å². The first-order valence-electron chi connectivity index (χ1n) is 8.89. The highest BCUT2D eigenvalue weighted by atomic mass is 32.2. The molecule has 1 aliphatic heterocycles. The topological polar surface area (TPSA) is 105 Å². The van der Waals surface area contributed by atoms with Crippen LogP contribution >= 0.6 is 0 Å². The largest absolute Gasteiger partial charge is 0.359 e. The molecule has 28 heavy (non-hydrogen) atoms. The summed E-state index contributed by atoms with van der Waals surface area (Å²) in [7, 11) is -3.75. The van der Waals surface area contributed by atoms with Gasteiger partial charge in [-0.2, -0.15) is 0 Å². The fraction of sp³-hybridized carbons (Fsp3) is 0.200. The highest BCUT2D eigenvalue weighted by molar-refractivity contribution is 7.89. The van der Waals surface area contributed by atoms with E-state index in [1.807, 2.05) is 42.2 Å². The molecule has 0 unspecified atom stereocenters. The highest BCUT2D eigenvalue weighted by Gasteiger charge is 2.28. The summed E-state index contributed by atoms with van der Waals surface area (Å²) in [5.74, 6) is -0.147. The van der Waals surface area contributed by atoms with Gasteiger partial charge in [0.2, 0.25) is 15.9 Å². The average molecular weight is 396 g/mol. The summed E-state index contributed by atoms with van der Waals surface area (Å²) in [5.41, 5.74) is 3.26. The van der Waals surface area contributed by atoms with Crippen molar-refractivity contribution in [3.8, 4) is 0 Å². The number of carbonyl (C=O) groups excluding carboxylic acids is 1. The number of anilines is 2. The van der Waals surface area contributed by atoms with Gasteiger partial charge in [0.1, 0.15) is 0 Å². The summed E-state index contributed by atoms with van der Waals surface area (Å²) in [6.45, 7) is 2.17. The first-order chi connectivity index (χ1) is 13.3. The number of primary sulfonamides is 1. The second kappa shape index (κ2) is 6.88. The predicted molar refractivity (Wildman–Crippen MR) is 109 cm³/mol. The van der Waals surface area contributed by atoms with Gasteiger partial charge in [0.25, 0.3) is 0 Å².